The van der Waals surface area contributed by atoms with E-state index in [1.165, 1.54) is 42.5 Å². The second kappa shape index (κ2) is 13.5. The molecule has 1 amide bonds. The molecule has 0 aliphatic carbocycles. The minimum atomic E-state index is -4.92. The van der Waals surface area contributed by atoms with Gasteiger partial charge in [-0.1, -0.05) is 60.7 Å². The number of alkyl halides is 6. The third-order valence-corrected chi connectivity index (χ3v) is 6.45. The summed E-state index contributed by atoms with van der Waals surface area (Å²) in [6.07, 6.45) is -9.20. The molecule has 6 nitrogen and oxygen atoms in total. The molecule has 44 heavy (non-hydrogen) atoms. The number of carbonyl (C=O) groups is 2. The van der Waals surface area contributed by atoms with Crippen molar-refractivity contribution < 1.29 is 50.5 Å². The Kier molecular flexibility index (Phi) is 9.82. The first-order valence-electron chi connectivity index (χ1n) is 13.2. The number of hydrogen-bond acceptors (Lipinski definition) is 4. The van der Waals surface area contributed by atoms with Crippen LogP contribution in [0.25, 0.3) is 22.3 Å². The number of benzene rings is 4. The van der Waals surface area contributed by atoms with Crippen LogP contribution < -0.4 is 14.8 Å². The minimum absolute atomic E-state index is 0.0212. The molecule has 4 rings (SSSR count). The molecular weight excluding hydrogens is 592 g/mol. The third-order valence-electron chi connectivity index (χ3n) is 6.45. The van der Waals surface area contributed by atoms with E-state index in [1.54, 1.807) is 48.5 Å². The van der Waals surface area contributed by atoms with Gasteiger partial charge in [-0.05, 0) is 71.0 Å². The number of carboxylic acids is 1. The Balaban J connectivity index is 1.62. The second-order valence-corrected chi connectivity index (χ2v) is 9.58. The Labute approximate surface area is 247 Å². The van der Waals surface area contributed by atoms with E-state index in [9.17, 15) is 35.9 Å². The highest BCUT2D eigenvalue weighted by Gasteiger charge is 2.32. The summed E-state index contributed by atoms with van der Waals surface area (Å²) < 4.78 is 85.4. The first-order chi connectivity index (χ1) is 20.8. The lowest BCUT2D eigenvalue weighted by Gasteiger charge is -2.17. The molecule has 0 heterocycles. The van der Waals surface area contributed by atoms with Gasteiger partial charge in [0.2, 0.25) is 0 Å². The van der Waals surface area contributed by atoms with Crippen molar-refractivity contribution in [3.05, 3.63) is 108 Å². The zero-order chi connectivity index (χ0) is 31.9. The van der Waals surface area contributed by atoms with Gasteiger partial charge in [-0.15, -0.1) is 26.3 Å². The van der Waals surface area contributed by atoms with Crippen LogP contribution in [0.4, 0.5) is 26.3 Å². The molecule has 4 aromatic rings. The Hall–Kier alpha value is -5.00. The molecule has 0 saturated heterocycles. The number of ether oxygens (including phenoxy) is 2. The summed E-state index contributed by atoms with van der Waals surface area (Å²) in [4.78, 5) is 22.9. The molecule has 4 aromatic carbocycles. The average molecular weight is 618 g/mol. The topological polar surface area (TPSA) is 84.9 Å². The number of aliphatic carboxylic acids is 1. The maximum Gasteiger partial charge on any atom is 0.573 e. The fraction of sp³-hybridized carbons (Fsp3) is 0.188. The summed E-state index contributed by atoms with van der Waals surface area (Å²) >= 11 is 0. The maximum atomic E-state index is 13.2. The van der Waals surface area contributed by atoms with Crippen LogP contribution in [0.15, 0.2) is 91.0 Å². The normalized spacial score (nSPS) is 11.6. The highest BCUT2D eigenvalue weighted by Crippen LogP contribution is 2.38. The Morgan fingerprint density at radius 3 is 1.98 bits per heavy atom. The molecule has 0 unspecified atom stereocenters. The van der Waals surface area contributed by atoms with Crippen molar-refractivity contribution in [2.24, 2.45) is 0 Å². The summed E-state index contributed by atoms with van der Waals surface area (Å²) in [5.74, 6) is -2.25. The quantitative estimate of drug-likeness (QED) is 0.168. The van der Waals surface area contributed by atoms with Gasteiger partial charge in [-0.2, -0.15) is 0 Å². The fourth-order valence-electron chi connectivity index (χ4n) is 4.48. The Bertz CT molecular complexity index is 1600. The number of hydrogen-bond donors (Lipinski definition) is 2. The van der Waals surface area contributed by atoms with E-state index in [2.05, 4.69) is 14.8 Å². The van der Waals surface area contributed by atoms with E-state index in [4.69, 9.17) is 5.11 Å². The molecule has 2 N–H and O–H groups in total. The summed E-state index contributed by atoms with van der Waals surface area (Å²) in [6.45, 7) is -0.0212. The van der Waals surface area contributed by atoms with Gasteiger partial charge in [0, 0.05) is 17.7 Å². The predicted molar refractivity (Wildman–Crippen MR) is 149 cm³/mol. The molecule has 0 radical (unpaired) electrons. The standard InChI is InChI=1S/C32H25F6NO5/c33-31(34,35)43-25-14-11-21(12-15-25)23-13-16-26(27-3-1-2-4-28(27)44-32(36,37)38)24(19-23)10-7-20-5-8-22(9-6-20)30(42)39-18-17-29(40)41/h1-6,8-9,11-16,19H,7,10,17-18H2,(H,39,42)(H,40,41). The zero-order valence-electron chi connectivity index (χ0n) is 22.8. The molecular formula is C32H25F6NO5. The van der Waals surface area contributed by atoms with E-state index in [0.29, 0.717) is 40.7 Å². The van der Waals surface area contributed by atoms with Gasteiger partial charge < -0.3 is 19.9 Å². The van der Waals surface area contributed by atoms with Gasteiger partial charge in [0.1, 0.15) is 11.5 Å². The lowest BCUT2D eigenvalue weighted by molar-refractivity contribution is -0.275. The smallest absolute Gasteiger partial charge is 0.481 e. The lowest BCUT2D eigenvalue weighted by atomic mass is 9.91. The Morgan fingerprint density at radius 1 is 0.705 bits per heavy atom. The number of nitrogens with one attached hydrogen (secondary N) is 1. The van der Waals surface area contributed by atoms with Crippen molar-refractivity contribution >= 4 is 11.9 Å². The number of rotatable bonds is 11. The second-order valence-electron chi connectivity index (χ2n) is 9.58. The van der Waals surface area contributed by atoms with Crippen LogP contribution in [0, 0.1) is 0 Å². The van der Waals surface area contributed by atoms with Crippen LogP contribution in [-0.2, 0) is 17.6 Å². The number of carbonyl (C=O) groups excluding carboxylic acids is 1. The molecule has 0 aromatic heterocycles. The van der Waals surface area contributed by atoms with Crippen molar-refractivity contribution in [3.8, 4) is 33.8 Å². The van der Waals surface area contributed by atoms with Crippen LogP contribution in [-0.4, -0.2) is 36.3 Å². The molecule has 0 atom stereocenters. The summed E-state index contributed by atoms with van der Waals surface area (Å²) in [5.41, 5.74) is 3.64. The Morgan fingerprint density at radius 2 is 1.34 bits per heavy atom. The van der Waals surface area contributed by atoms with Crippen molar-refractivity contribution in [1.82, 2.24) is 5.32 Å². The molecule has 0 spiro atoms. The zero-order valence-corrected chi connectivity index (χ0v) is 22.8. The number of aryl methyl sites for hydroxylation is 2. The largest absolute Gasteiger partial charge is 0.573 e. The number of para-hydroxylation sites is 1. The van der Waals surface area contributed by atoms with Crippen LogP contribution in [0.3, 0.4) is 0 Å². The van der Waals surface area contributed by atoms with Gasteiger partial charge in [-0.25, -0.2) is 0 Å². The van der Waals surface area contributed by atoms with Gasteiger partial charge in [0.05, 0.1) is 6.42 Å². The molecule has 0 aliphatic heterocycles. The summed E-state index contributed by atoms with van der Waals surface area (Å²) in [5, 5.41) is 11.2. The van der Waals surface area contributed by atoms with Gasteiger partial charge in [0.25, 0.3) is 5.91 Å². The van der Waals surface area contributed by atoms with E-state index in [1.807, 2.05) is 0 Å². The number of halogens is 6. The van der Waals surface area contributed by atoms with Crippen molar-refractivity contribution in [1.29, 1.82) is 0 Å². The van der Waals surface area contributed by atoms with Crippen LogP contribution in [0.1, 0.15) is 27.9 Å². The highest BCUT2D eigenvalue weighted by atomic mass is 19.4. The predicted octanol–water partition coefficient (Wildman–Crippen LogP) is 7.81. The molecule has 12 heteroatoms. The van der Waals surface area contributed by atoms with Crippen molar-refractivity contribution in [3.63, 3.8) is 0 Å². The van der Waals surface area contributed by atoms with E-state index in [0.717, 1.165) is 5.56 Å². The maximum absolute atomic E-state index is 13.2. The summed E-state index contributed by atoms with van der Waals surface area (Å²) in [7, 11) is 0. The SMILES string of the molecule is O=C(O)CCNC(=O)c1ccc(CCc2cc(-c3ccc(OC(F)(F)F)cc3)ccc2-c2ccccc2OC(F)(F)F)cc1. The van der Waals surface area contributed by atoms with Crippen LogP contribution in [0.5, 0.6) is 11.5 Å². The number of carboxylic acid groups (broad SMARTS) is 1. The number of amides is 1. The summed E-state index contributed by atoms with van der Waals surface area (Å²) in [6, 6.07) is 22.6. The third kappa shape index (κ3) is 9.25. The average Bonchev–Trinajstić information content (AvgIpc) is 2.95. The minimum Gasteiger partial charge on any atom is -0.481 e. The van der Waals surface area contributed by atoms with E-state index in [-0.39, 0.29) is 24.3 Å². The molecule has 230 valence electrons. The molecule has 0 bridgehead atoms. The molecule has 0 fully saturated rings. The fourth-order valence-corrected chi connectivity index (χ4v) is 4.48. The van der Waals surface area contributed by atoms with Crippen molar-refractivity contribution in [2.75, 3.05) is 6.54 Å². The highest BCUT2D eigenvalue weighted by molar-refractivity contribution is 5.94. The van der Waals surface area contributed by atoms with Gasteiger partial charge >= 0.3 is 18.7 Å². The first kappa shape index (κ1) is 31.9. The van der Waals surface area contributed by atoms with Crippen molar-refractivity contribution in [2.45, 2.75) is 32.0 Å². The van der Waals surface area contributed by atoms with Gasteiger partial charge in [0.15, 0.2) is 0 Å². The lowest BCUT2D eigenvalue weighted by Crippen LogP contribution is -2.25. The van der Waals surface area contributed by atoms with E-state index < -0.39 is 30.4 Å². The van der Waals surface area contributed by atoms with Crippen LogP contribution in [0.2, 0.25) is 0 Å². The first-order valence-corrected chi connectivity index (χ1v) is 13.2. The molecule has 0 aliphatic rings. The van der Waals surface area contributed by atoms with E-state index >= 15 is 0 Å². The molecule has 0 saturated carbocycles. The monoisotopic (exact) mass is 617 g/mol. The van der Waals surface area contributed by atoms with Crippen LogP contribution >= 0.6 is 0 Å². The van der Waals surface area contributed by atoms with Gasteiger partial charge in [-0.3, -0.25) is 9.59 Å².